The van der Waals surface area contributed by atoms with E-state index < -0.39 is 0 Å². The molecule has 206 valence electrons. The molecule has 1 aromatic carbocycles. The van der Waals surface area contributed by atoms with E-state index in [2.05, 4.69) is 45.1 Å². The first-order valence-corrected chi connectivity index (χ1v) is 11.3. The summed E-state index contributed by atoms with van der Waals surface area (Å²) in [6, 6.07) is 10.1. The molecule has 2 N–H and O–H groups in total. The second kappa shape index (κ2) is 24.5. The highest BCUT2D eigenvalue weighted by Crippen LogP contribution is 2.04. The Balaban J connectivity index is 0.000000455. The largest absolute Gasteiger partial charge is 0.351 e. The third-order valence-electron chi connectivity index (χ3n) is 4.01. The molecule has 2 aliphatic rings. The first-order valence-electron chi connectivity index (χ1n) is 11.3. The van der Waals surface area contributed by atoms with Crippen molar-refractivity contribution in [3.05, 3.63) is 124 Å². The lowest BCUT2D eigenvalue weighted by Crippen LogP contribution is -1.87. The second-order valence-corrected chi connectivity index (χ2v) is 6.84. The monoisotopic (exact) mass is 529 g/mol. The van der Waals surface area contributed by atoms with Crippen LogP contribution < -0.4 is 0 Å². The number of imidazole rings is 3. The van der Waals surface area contributed by atoms with E-state index >= 15 is 0 Å². The van der Waals surface area contributed by atoms with Gasteiger partial charge in [0.2, 0.25) is 0 Å². The number of nitrogens with one attached hydrogen (secondary N) is 2. The molecule has 4 aromatic heterocycles. The maximum Gasteiger partial charge on any atom is 0.137 e. The smallest absolute Gasteiger partial charge is 0.137 e. The van der Waals surface area contributed by atoms with E-state index in [0.717, 1.165) is 18.7 Å². The average molecular weight is 530 g/mol. The zero-order valence-corrected chi connectivity index (χ0v) is 20.6. The molecule has 0 fully saturated rings. The van der Waals surface area contributed by atoms with Crippen LogP contribution in [-0.2, 0) is 7.05 Å². The fraction of sp³-hybridized carbons (Fsp3) is 0.179. The number of aromatic nitrogens is 9. The fourth-order valence-corrected chi connectivity index (χ4v) is 2.33. The average Bonchev–Trinajstić information content (AvgIpc) is 3.84. The minimum absolute atomic E-state index is 0. The van der Waals surface area contributed by atoms with Gasteiger partial charge >= 0.3 is 0 Å². The van der Waals surface area contributed by atoms with Gasteiger partial charge in [-0.2, -0.15) is 5.10 Å². The molecule has 0 aliphatic carbocycles. The van der Waals surface area contributed by atoms with Crippen LogP contribution in [0.3, 0.4) is 0 Å². The Labute approximate surface area is 230 Å². The Hall–Kier alpha value is -5.19. The van der Waals surface area contributed by atoms with Crippen molar-refractivity contribution in [3.63, 3.8) is 0 Å². The number of aryl methyl sites for hydroxylation is 1. The van der Waals surface area contributed by atoms with Crippen molar-refractivity contribution in [2.24, 2.45) is 17.0 Å². The summed E-state index contributed by atoms with van der Waals surface area (Å²) in [5, 5.41) is 5.99. The Morgan fingerprint density at radius 1 is 0.846 bits per heavy atom. The van der Waals surface area contributed by atoms with Gasteiger partial charge in [0.1, 0.15) is 12.7 Å². The maximum absolute atomic E-state index is 3.96. The van der Waals surface area contributed by atoms with Gasteiger partial charge in [-0.25, -0.2) is 19.9 Å². The van der Waals surface area contributed by atoms with Crippen LogP contribution in [0.1, 0.15) is 21.3 Å². The van der Waals surface area contributed by atoms with Gasteiger partial charge < -0.3 is 14.1 Å². The van der Waals surface area contributed by atoms with Crippen molar-refractivity contribution >= 4 is 12.4 Å². The summed E-state index contributed by atoms with van der Waals surface area (Å²) in [4.78, 5) is 25.3. The molecule has 0 saturated heterocycles. The number of allylic oxidation sites excluding steroid dienone is 2. The lowest BCUT2D eigenvalue weighted by atomic mass is 10.3. The summed E-state index contributed by atoms with van der Waals surface area (Å²) < 4.78 is 3.86. The van der Waals surface area contributed by atoms with Gasteiger partial charge in [0, 0.05) is 75.0 Å². The lowest BCUT2D eigenvalue weighted by Gasteiger charge is -1.98. The Bertz CT molecular complexity index is 1100. The van der Waals surface area contributed by atoms with Crippen molar-refractivity contribution < 1.29 is 0 Å². The quantitative estimate of drug-likeness (QED) is 0.301. The summed E-state index contributed by atoms with van der Waals surface area (Å²) in [6.45, 7) is 0.889. The molecule has 39 heavy (non-hydrogen) atoms. The molecule has 0 unspecified atom stereocenters. The standard InChI is InChI=1S/C9H8N2.C4H6N2.2C4H5N.C3H4N2.C2H3N3.2CH4/c1-2-4-9(5-3-1)11-7-6-10-8-11;1-6-3-2-5-4-6;2*1-2-4-5-3-1;1-2-5-3-4-1;1-3-2-5-4-1;;/h1-8H;2-4H,1H3;1,3-4H,2H2;1-3H,4H2;1-3H,(H,4,5);1-2H,(H,3,4,5);2*1H4. The van der Waals surface area contributed by atoms with Gasteiger partial charge in [0.25, 0.3) is 0 Å². The molecule has 0 radical (unpaired) electrons. The predicted molar refractivity (Wildman–Crippen MR) is 160 cm³/mol. The molecule has 6 heterocycles. The van der Waals surface area contributed by atoms with Crippen molar-refractivity contribution in [1.82, 2.24) is 44.3 Å². The molecule has 0 spiro atoms. The summed E-state index contributed by atoms with van der Waals surface area (Å²) in [7, 11) is 1.94. The van der Waals surface area contributed by atoms with E-state index in [1.54, 1.807) is 56.2 Å². The lowest BCUT2D eigenvalue weighted by molar-refractivity contribution is 0.913. The van der Waals surface area contributed by atoms with Gasteiger partial charge in [0.05, 0.1) is 25.5 Å². The molecule has 7 rings (SSSR count). The molecule has 0 amide bonds. The molecule has 0 atom stereocenters. The molecule has 11 nitrogen and oxygen atoms in total. The van der Waals surface area contributed by atoms with E-state index in [9.17, 15) is 0 Å². The summed E-state index contributed by atoms with van der Waals surface area (Å²) in [6.07, 6.45) is 31.4. The van der Waals surface area contributed by atoms with Gasteiger partial charge in [-0.15, -0.1) is 0 Å². The van der Waals surface area contributed by atoms with E-state index in [4.69, 9.17) is 0 Å². The van der Waals surface area contributed by atoms with Crippen LogP contribution in [0.15, 0.2) is 134 Å². The molecule has 0 bridgehead atoms. The first kappa shape index (κ1) is 33.8. The van der Waals surface area contributed by atoms with Gasteiger partial charge in [-0.05, 0) is 18.2 Å². The normalized spacial score (nSPS) is 10.7. The molecule has 11 heteroatoms. The number of benzene rings is 1. The number of H-pyrrole nitrogens is 2. The van der Waals surface area contributed by atoms with Crippen LogP contribution in [0, 0.1) is 0 Å². The maximum atomic E-state index is 3.96. The van der Waals surface area contributed by atoms with E-state index in [-0.39, 0.29) is 14.9 Å². The summed E-state index contributed by atoms with van der Waals surface area (Å²) >= 11 is 0. The minimum atomic E-state index is 0. The molecule has 2 aliphatic heterocycles. The van der Waals surface area contributed by atoms with Crippen LogP contribution in [0.4, 0.5) is 0 Å². The predicted octanol–water partition coefficient (Wildman–Crippen LogP) is 5.38. The van der Waals surface area contributed by atoms with Crippen molar-refractivity contribution in [2.75, 3.05) is 6.54 Å². The number of para-hydroxylation sites is 1. The number of rotatable bonds is 1. The van der Waals surface area contributed by atoms with Crippen LogP contribution >= 0.6 is 0 Å². The van der Waals surface area contributed by atoms with Crippen molar-refractivity contribution in [3.8, 4) is 5.69 Å². The molecular weight excluding hydrogens is 490 g/mol. The van der Waals surface area contributed by atoms with Crippen LogP contribution in [0.2, 0.25) is 0 Å². The first-order chi connectivity index (χ1) is 18.4. The SMILES string of the molecule is C.C.C1=CCN=C1.C1=CN=CC1.Cn1ccnc1.c1c[nH]cn1.c1ccc(-n2ccnc2)cc1.c1nc[nH]n1. The van der Waals surface area contributed by atoms with Gasteiger partial charge in [0.15, 0.2) is 0 Å². The minimum Gasteiger partial charge on any atom is -0.351 e. The third kappa shape index (κ3) is 18.7. The van der Waals surface area contributed by atoms with Crippen LogP contribution in [-0.4, -0.2) is 63.2 Å². The number of hydrogen-bond donors (Lipinski definition) is 2. The van der Waals surface area contributed by atoms with E-state index in [1.165, 1.54) is 12.7 Å². The van der Waals surface area contributed by atoms with Crippen LogP contribution in [0.25, 0.3) is 5.69 Å². The molecule has 5 aromatic rings. The van der Waals surface area contributed by atoms with Crippen molar-refractivity contribution in [2.45, 2.75) is 21.3 Å². The van der Waals surface area contributed by atoms with E-state index in [0.29, 0.717) is 0 Å². The zero-order valence-electron chi connectivity index (χ0n) is 20.6. The summed E-state index contributed by atoms with van der Waals surface area (Å²) in [5.41, 5.74) is 1.14. The number of nitrogens with zero attached hydrogens (tertiary/aromatic N) is 9. The number of aliphatic imine (C=N–C) groups is 2. The number of hydrogen-bond acceptors (Lipinski definition) is 7. The zero-order chi connectivity index (χ0) is 26.1. The highest BCUT2D eigenvalue weighted by molar-refractivity contribution is 5.73. The highest BCUT2D eigenvalue weighted by Gasteiger charge is 1.90. The van der Waals surface area contributed by atoms with Gasteiger partial charge in [-0.3, -0.25) is 15.1 Å². The molecule has 0 saturated carbocycles. The molecular formula is C28H39N11. The van der Waals surface area contributed by atoms with Crippen molar-refractivity contribution in [1.29, 1.82) is 0 Å². The second-order valence-electron chi connectivity index (χ2n) is 6.84. The topological polar surface area (TPSA) is 131 Å². The third-order valence-corrected chi connectivity index (χ3v) is 4.01. The number of aromatic amines is 2. The van der Waals surface area contributed by atoms with Gasteiger partial charge in [-0.1, -0.05) is 45.2 Å². The van der Waals surface area contributed by atoms with E-state index in [1.807, 2.05) is 83.4 Å². The fourth-order valence-electron chi connectivity index (χ4n) is 2.33. The Morgan fingerprint density at radius 2 is 1.67 bits per heavy atom. The highest BCUT2D eigenvalue weighted by atomic mass is 15.2. The van der Waals surface area contributed by atoms with Crippen LogP contribution in [0.5, 0.6) is 0 Å². The Morgan fingerprint density at radius 3 is 1.97 bits per heavy atom. The summed E-state index contributed by atoms with van der Waals surface area (Å²) in [5.74, 6) is 0. The Kier molecular flexibility index (Phi) is 21.2.